The molecule has 0 aromatic heterocycles. The van der Waals surface area contributed by atoms with E-state index < -0.39 is 0 Å². The normalized spacial score (nSPS) is 23.1. The molecule has 0 spiro atoms. The van der Waals surface area contributed by atoms with Crippen molar-refractivity contribution in [3.63, 3.8) is 0 Å². The number of hydrogen-bond acceptors (Lipinski definition) is 3. The molecule has 1 aliphatic rings. The molecule has 1 saturated heterocycles. The molecule has 1 amide bonds. The topological polar surface area (TPSA) is 44.4 Å². The van der Waals surface area contributed by atoms with E-state index in [9.17, 15) is 4.79 Å². The van der Waals surface area contributed by atoms with Crippen LogP contribution < -0.4 is 10.6 Å². The summed E-state index contributed by atoms with van der Waals surface area (Å²) in [5.74, 6) is 0.874. The molecule has 0 aromatic carbocycles. The molecule has 1 aliphatic heterocycles. The van der Waals surface area contributed by atoms with E-state index in [-0.39, 0.29) is 5.91 Å². The molecule has 4 nitrogen and oxygen atoms in total. The van der Waals surface area contributed by atoms with E-state index in [0.29, 0.717) is 24.5 Å². The van der Waals surface area contributed by atoms with Crippen molar-refractivity contribution in [1.82, 2.24) is 15.5 Å². The van der Waals surface area contributed by atoms with Crippen molar-refractivity contribution >= 4 is 5.91 Å². The highest BCUT2D eigenvalue weighted by molar-refractivity contribution is 5.78. The molecule has 1 heterocycles. The predicted octanol–water partition coefficient (Wildman–Crippen LogP) is 1.22. The Morgan fingerprint density at radius 1 is 1.39 bits per heavy atom. The van der Waals surface area contributed by atoms with Gasteiger partial charge in [0.2, 0.25) is 5.91 Å². The van der Waals surface area contributed by atoms with E-state index in [1.54, 1.807) is 0 Å². The molecule has 106 valence electrons. The highest BCUT2D eigenvalue weighted by Gasteiger charge is 2.18. The second-order valence-electron chi connectivity index (χ2n) is 6.03. The fraction of sp³-hybridized carbons (Fsp3) is 0.929. The van der Waals surface area contributed by atoms with Crippen molar-refractivity contribution < 1.29 is 4.79 Å². The van der Waals surface area contributed by atoms with Crippen molar-refractivity contribution in [2.75, 3.05) is 26.2 Å². The van der Waals surface area contributed by atoms with Crippen LogP contribution in [-0.4, -0.2) is 49.1 Å². The number of hydrogen-bond donors (Lipinski definition) is 2. The molecule has 1 rings (SSSR count). The Balaban J connectivity index is 2.19. The smallest absolute Gasteiger partial charge is 0.234 e. The van der Waals surface area contributed by atoms with Crippen molar-refractivity contribution in [2.45, 2.75) is 52.6 Å². The van der Waals surface area contributed by atoms with Crippen LogP contribution in [0.15, 0.2) is 0 Å². The van der Waals surface area contributed by atoms with Gasteiger partial charge in [-0.2, -0.15) is 0 Å². The summed E-state index contributed by atoms with van der Waals surface area (Å²) in [7, 11) is 0. The van der Waals surface area contributed by atoms with E-state index in [1.165, 1.54) is 6.42 Å². The van der Waals surface area contributed by atoms with Gasteiger partial charge < -0.3 is 10.6 Å². The van der Waals surface area contributed by atoms with E-state index in [4.69, 9.17) is 0 Å². The first-order valence-electron chi connectivity index (χ1n) is 7.22. The van der Waals surface area contributed by atoms with Crippen molar-refractivity contribution in [3.8, 4) is 0 Å². The zero-order valence-electron chi connectivity index (χ0n) is 12.3. The Morgan fingerprint density at radius 3 is 2.72 bits per heavy atom. The van der Waals surface area contributed by atoms with Gasteiger partial charge in [-0.3, -0.25) is 9.69 Å². The third-order valence-corrected chi connectivity index (χ3v) is 3.40. The Bertz CT molecular complexity index is 255. The average Bonchev–Trinajstić information content (AvgIpc) is 2.26. The van der Waals surface area contributed by atoms with Crippen LogP contribution in [0.1, 0.15) is 40.5 Å². The summed E-state index contributed by atoms with van der Waals surface area (Å²) in [6.45, 7) is 12.2. The van der Waals surface area contributed by atoms with Crippen LogP contribution in [0.4, 0.5) is 0 Å². The molecule has 18 heavy (non-hydrogen) atoms. The van der Waals surface area contributed by atoms with Gasteiger partial charge >= 0.3 is 0 Å². The minimum atomic E-state index is 0.167. The second kappa shape index (κ2) is 7.74. The highest BCUT2D eigenvalue weighted by atomic mass is 16.2. The van der Waals surface area contributed by atoms with Crippen molar-refractivity contribution in [2.24, 2.45) is 5.92 Å². The first kappa shape index (κ1) is 15.4. The van der Waals surface area contributed by atoms with Crippen LogP contribution in [0.2, 0.25) is 0 Å². The number of carbonyl (C=O) groups excluding carboxylic acids is 1. The van der Waals surface area contributed by atoms with Gasteiger partial charge in [0.05, 0.1) is 6.54 Å². The third kappa shape index (κ3) is 6.36. The number of carbonyl (C=O) groups is 1. The van der Waals surface area contributed by atoms with E-state index in [2.05, 4.69) is 43.2 Å². The molecule has 0 radical (unpaired) electrons. The molecule has 1 fully saturated rings. The lowest BCUT2D eigenvalue weighted by Crippen LogP contribution is -2.52. The fourth-order valence-corrected chi connectivity index (χ4v) is 2.33. The van der Waals surface area contributed by atoms with E-state index in [1.807, 2.05) is 0 Å². The SMILES string of the molecule is CC(C)CCC(C)NC(=O)CN1CCNC(C)C1. The summed E-state index contributed by atoms with van der Waals surface area (Å²) in [5, 5.41) is 6.48. The average molecular weight is 255 g/mol. The van der Waals surface area contributed by atoms with Crippen LogP contribution in [0, 0.1) is 5.92 Å². The highest BCUT2D eigenvalue weighted by Crippen LogP contribution is 2.06. The molecular formula is C14H29N3O. The fourth-order valence-electron chi connectivity index (χ4n) is 2.33. The number of amides is 1. The summed E-state index contributed by atoms with van der Waals surface area (Å²) in [4.78, 5) is 14.1. The maximum absolute atomic E-state index is 11.9. The molecular weight excluding hydrogens is 226 g/mol. The number of rotatable bonds is 6. The van der Waals surface area contributed by atoms with Gasteiger partial charge in [0.15, 0.2) is 0 Å². The zero-order valence-corrected chi connectivity index (χ0v) is 12.3. The van der Waals surface area contributed by atoms with E-state index >= 15 is 0 Å². The number of piperazine rings is 1. The van der Waals surface area contributed by atoms with Crippen LogP contribution >= 0.6 is 0 Å². The summed E-state index contributed by atoms with van der Waals surface area (Å²) in [6.07, 6.45) is 2.24. The molecule has 2 N–H and O–H groups in total. The summed E-state index contributed by atoms with van der Waals surface area (Å²) in [6, 6.07) is 0.783. The van der Waals surface area contributed by atoms with Gasteiger partial charge in [0.25, 0.3) is 0 Å². The minimum absolute atomic E-state index is 0.167. The Kier molecular flexibility index (Phi) is 6.65. The summed E-state index contributed by atoms with van der Waals surface area (Å²) >= 11 is 0. The van der Waals surface area contributed by atoms with Crippen LogP contribution in [0.25, 0.3) is 0 Å². The van der Waals surface area contributed by atoms with Gasteiger partial charge in [0.1, 0.15) is 0 Å². The minimum Gasteiger partial charge on any atom is -0.353 e. The van der Waals surface area contributed by atoms with E-state index in [0.717, 1.165) is 26.1 Å². The summed E-state index contributed by atoms with van der Waals surface area (Å²) in [5.41, 5.74) is 0. The standard InChI is InChI=1S/C14H29N3O/c1-11(2)5-6-12(3)16-14(18)10-17-8-7-15-13(4)9-17/h11-13,15H,5-10H2,1-4H3,(H,16,18). The lowest BCUT2D eigenvalue weighted by Gasteiger charge is -2.31. The molecule has 0 saturated carbocycles. The second-order valence-corrected chi connectivity index (χ2v) is 6.03. The van der Waals surface area contributed by atoms with Gasteiger partial charge in [-0.15, -0.1) is 0 Å². The van der Waals surface area contributed by atoms with Gasteiger partial charge in [0, 0.05) is 31.7 Å². The molecule has 0 aliphatic carbocycles. The Hall–Kier alpha value is -0.610. The van der Waals surface area contributed by atoms with Crippen LogP contribution in [0.5, 0.6) is 0 Å². The van der Waals surface area contributed by atoms with Crippen LogP contribution in [0.3, 0.4) is 0 Å². The molecule has 2 atom stereocenters. The molecule has 2 unspecified atom stereocenters. The zero-order chi connectivity index (χ0) is 13.5. The predicted molar refractivity (Wildman–Crippen MR) is 75.6 cm³/mol. The molecule has 0 bridgehead atoms. The summed E-state index contributed by atoms with van der Waals surface area (Å²) < 4.78 is 0. The molecule has 0 aromatic rings. The quantitative estimate of drug-likeness (QED) is 0.750. The van der Waals surface area contributed by atoms with Gasteiger partial charge in [-0.25, -0.2) is 0 Å². The maximum atomic E-state index is 11.9. The Morgan fingerprint density at radius 2 is 2.11 bits per heavy atom. The number of nitrogens with one attached hydrogen (secondary N) is 2. The first-order chi connectivity index (χ1) is 8.47. The lowest BCUT2D eigenvalue weighted by molar-refractivity contribution is -0.123. The third-order valence-electron chi connectivity index (χ3n) is 3.40. The van der Waals surface area contributed by atoms with Gasteiger partial charge in [-0.05, 0) is 32.6 Å². The Labute approximate surface area is 111 Å². The number of nitrogens with zero attached hydrogens (tertiary/aromatic N) is 1. The van der Waals surface area contributed by atoms with Crippen molar-refractivity contribution in [3.05, 3.63) is 0 Å². The largest absolute Gasteiger partial charge is 0.353 e. The maximum Gasteiger partial charge on any atom is 0.234 e. The monoisotopic (exact) mass is 255 g/mol. The first-order valence-corrected chi connectivity index (χ1v) is 7.22. The molecule has 4 heteroatoms. The van der Waals surface area contributed by atoms with Gasteiger partial charge in [-0.1, -0.05) is 13.8 Å². The van der Waals surface area contributed by atoms with Crippen molar-refractivity contribution in [1.29, 1.82) is 0 Å². The van der Waals surface area contributed by atoms with Crippen LogP contribution in [-0.2, 0) is 4.79 Å². The lowest BCUT2D eigenvalue weighted by atomic mass is 10.0.